The number of hydrogen-bond donors (Lipinski definition) is 1. The van der Waals surface area contributed by atoms with Gasteiger partial charge in [0.15, 0.2) is 6.10 Å². The smallest absolute Gasteiger partial charge is 0.156 e. The van der Waals surface area contributed by atoms with Crippen molar-refractivity contribution in [3.63, 3.8) is 0 Å². The van der Waals surface area contributed by atoms with E-state index in [1.807, 2.05) is 6.07 Å². The number of aliphatic hydroxyl groups excluding tert-OH is 1. The van der Waals surface area contributed by atoms with Crippen LogP contribution >= 0.6 is 0 Å². The zero-order valence-corrected chi connectivity index (χ0v) is 13.4. The fourth-order valence-corrected chi connectivity index (χ4v) is 3.41. The normalized spacial score (nSPS) is 26.3. The molecule has 1 aromatic rings. The fraction of sp³-hybridized carbons (Fsp3) is 0.611. The maximum Gasteiger partial charge on any atom is 0.156 e. The minimum atomic E-state index is -0.540. The van der Waals surface area contributed by atoms with Crippen LogP contribution < -0.4 is 0 Å². The molecule has 124 valence electrons. The summed E-state index contributed by atoms with van der Waals surface area (Å²) in [6.07, 6.45) is 2.42. The molecule has 0 spiro atoms. The van der Waals surface area contributed by atoms with E-state index in [1.165, 1.54) is 11.1 Å². The van der Waals surface area contributed by atoms with Gasteiger partial charge in [0.05, 0.1) is 31.5 Å². The number of nitrogens with zero attached hydrogens (tertiary/aromatic N) is 2. The summed E-state index contributed by atoms with van der Waals surface area (Å²) in [6.45, 7) is 2.70. The number of aliphatic hydroxyl groups is 1. The van der Waals surface area contributed by atoms with Crippen molar-refractivity contribution in [2.24, 2.45) is 0 Å². The van der Waals surface area contributed by atoms with Gasteiger partial charge in [-0.2, -0.15) is 5.26 Å². The second-order valence-electron chi connectivity index (χ2n) is 6.31. The summed E-state index contributed by atoms with van der Waals surface area (Å²) in [5, 5.41) is 19.2. The van der Waals surface area contributed by atoms with Crippen molar-refractivity contribution in [3.05, 3.63) is 35.4 Å². The number of fused-ring (bicyclic) bond motifs is 1. The number of rotatable bonds is 5. The Morgan fingerprint density at radius 2 is 2.30 bits per heavy atom. The van der Waals surface area contributed by atoms with Crippen LogP contribution in [0, 0.1) is 11.3 Å². The van der Waals surface area contributed by atoms with Crippen LogP contribution in [0.5, 0.6) is 0 Å². The van der Waals surface area contributed by atoms with E-state index in [-0.39, 0.29) is 12.2 Å². The molecule has 1 aliphatic carbocycles. The molecule has 2 aliphatic rings. The molecular formula is C18H24N2O3. The van der Waals surface area contributed by atoms with E-state index in [0.29, 0.717) is 26.3 Å². The number of ether oxygens (including phenoxy) is 2. The number of benzene rings is 1. The molecule has 1 aromatic carbocycles. The lowest BCUT2D eigenvalue weighted by atomic mass is 9.89. The second-order valence-corrected chi connectivity index (χ2v) is 6.31. The van der Waals surface area contributed by atoms with Crippen LogP contribution in [0.4, 0.5) is 0 Å². The Labute approximate surface area is 137 Å². The van der Waals surface area contributed by atoms with Crippen LogP contribution in [0.25, 0.3) is 0 Å². The highest BCUT2D eigenvalue weighted by molar-refractivity contribution is 5.31. The SMILES string of the molecule is N#CC1CN(CC(O)COC2CCCc3ccccc32)CCO1. The Balaban J connectivity index is 1.48. The minimum absolute atomic E-state index is 0.0890. The predicted octanol–water partition coefficient (Wildman–Crippen LogP) is 1.67. The summed E-state index contributed by atoms with van der Waals surface area (Å²) >= 11 is 0. The van der Waals surface area contributed by atoms with Crippen molar-refractivity contribution in [2.45, 2.75) is 37.6 Å². The molecule has 1 heterocycles. The monoisotopic (exact) mass is 316 g/mol. The Morgan fingerprint density at radius 1 is 1.43 bits per heavy atom. The molecule has 0 aromatic heterocycles. The number of β-amino-alcohol motifs (C(OH)–C–C–N with tert-alkyl or cyclic N) is 1. The summed E-state index contributed by atoms with van der Waals surface area (Å²) in [6, 6.07) is 10.5. The Hall–Kier alpha value is -1.45. The van der Waals surface area contributed by atoms with E-state index >= 15 is 0 Å². The highest BCUT2D eigenvalue weighted by Crippen LogP contribution is 2.32. The minimum Gasteiger partial charge on any atom is -0.389 e. The molecule has 1 saturated heterocycles. The van der Waals surface area contributed by atoms with E-state index in [9.17, 15) is 5.11 Å². The first kappa shape index (κ1) is 16.4. The Bertz CT molecular complexity index is 557. The third-order valence-corrected chi connectivity index (χ3v) is 4.57. The van der Waals surface area contributed by atoms with Gasteiger partial charge in [-0.3, -0.25) is 4.90 Å². The van der Waals surface area contributed by atoms with Gasteiger partial charge in [0.1, 0.15) is 0 Å². The van der Waals surface area contributed by atoms with Gasteiger partial charge >= 0.3 is 0 Å². The van der Waals surface area contributed by atoms with Gasteiger partial charge in [0.25, 0.3) is 0 Å². The van der Waals surface area contributed by atoms with Crippen molar-refractivity contribution < 1.29 is 14.6 Å². The Morgan fingerprint density at radius 3 is 3.17 bits per heavy atom. The lowest BCUT2D eigenvalue weighted by Gasteiger charge is -2.32. The van der Waals surface area contributed by atoms with Crippen LogP contribution in [-0.2, 0) is 15.9 Å². The molecule has 1 aliphatic heterocycles. The third kappa shape index (κ3) is 4.30. The molecule has 23 heavy (non-hydrogen) atoms. The zero-order chi connectivity index (χ0) is 16.1. The van der Waals surface area contributed by atoms with Crippen molar-refractivity contribution in [3.8, 4) is 6.07 Å². The second kappa shape index (κ2) is 7.89. The lowest BCUT2D eigenvalue weighted by Crippen LogP contribution is -2.45. The highest BCUT2D eigenvalue weighted by Gasteiger charge is 2.24. The molecule has 0 bridgehead atoms. The van der Waals surface area contributed by atoms with Gasteiger partial charge < -0.3 is 14.6 Å². The van der Waals surface area contributed by atoms with Crippen molar-refractivity contribution in [1.29, 1.82) is 5.26 Å². The van der Waals surface area contributed by atoms with Crippen LogP contribution in [0.2, 0.25) is 0 Å². The highest BCUT2D eigenvalue weighted by atomic mass is 16.5. The average molecular weight is 316 g/mol. The van der Waals surface area contributed by atoms with Gasteiger partial charge in [0.2, 0.25) is 0 Å². The molecule has 0 radical (unpaired) electrons. The van der Waals surface area contributed by atoms with Crippen LogP contribution in [0.1, 0.15) is 30.1 Å². The molecular weight excluding hydrogens is 292 g/mol. The van der Waals surface area contributed by atoms with Crippen molar-refractivity contribution in [2.75, 3.05) is 32.8 Å². The first-order valence-corrected chi connectivity index (χ1v) is 8.37. The molecule has 5 nitrogen and oxygen atoms in total. The van der Waals surface area contributed by atoms with Gasteiger partial charge in [-0.15, -0.1) is 0 Å². The van der Waals surface area contributed by atoms with Crippen LogP contribution in [-0.4, -0.2) is 55.1 Å². The molecule has 3 rings (SSSR count). The van der Waals surface area contributed by atoms with E-state index < -0.39 is 6.10 Å². The average Bonchev–Trinajstić information content (AvgIpc) is 2.60. The number of nitriles is 1. The van der Waals surface area contributed by atoms with Gasteiger partial charge in [0, 0.05) is 19.6 Å². The summed E-state index contributed by atoms with van der Waals surface area (Å²) < 4.78 is 11.3. The Kier molecular flexibility index (Phi) is 5.63. The maximum absolute atomic E-state index is 10.2. The van der Waals surface area contributed by atoms with Crippen molar-refractivity contribution in [1.82, 2.24) is 4.90 Å². The van der Waals surface area contributed by atoms with Crippen LogP contribution in [0.15, 0.2) is 24.3 Å². The lowest BCUT2D eigenvalue weighted by molar-refractivity contribution is -0.0502. The number of aryl methyl sites for hydroxylation is 1. The van der Waals surface area contributed by atoms with Crippen molar-refractivity contribution >= 4 is 0 Å². The third-order valence-electron chi connectivity index (χ3n) is 4.57. The molecule has 5 heteroatoms. The summed E-state index contributed by atoms with van der Waals surface area (Å²) in [5.74, 6) is 0. The molecule has 0 amide bonds. The standard InChI is InChI=1S/C18H24N2O3/c19-10-16-12-20(8-9-22-16)11-15(21)13-23-18-7-3-5-14-4-1-2-6-17(14)18/h1-2,4,6,15-16,18,21H,3,5,7-9,11-13H2. The maximum atomic E-state index is 10.2. The molecule has 1 fully saturated rings. The van der Waals surface area contributed by atoms with E-state index in [1.54, 1.807) is 0 Å². The molecule has 0 saturated carbocycles. The first-order valence-electron chi connectivity index (χ1n) is 8.37. The first-order chi connectivity index (χ1) is 11.3. The molecule has 3 atom stereocenters. The number of hydrogen-bond acceptors (Lipinski definition) is 5. The molecule has 1 N–H and O–H groups in total. The van der Waals surface area contributed by atoms with Gasteiger partial charge in [-0.05, 0) is 30.4 Å². The van der Waals surface area contributed by atoms with E-state index in [4.69, 9.17) is 14.7 Å². The zero-order valence-electron chi connectivity index (χ0n) is 13.4. The van der Waals surface area contributed by atoms with E-state index in [2.05, 4.69) is 29.2 Å². The van der Waals surface area contributed by atoms with Gasteiger partial charge in [-0.1, -0.05) is 24.3 Å². The summed E-state index contributed by atoms with van der Waals surface area (Å²) in [5.41, 5.74) is 2.63. The van der Waals surface area contributed by atoms with Gasteiger partial charge in [-0.25, -0.2) is 0 Å². The largest absolute Gasteiger partial charge is 0.389 e. The van der Waals surface area contributed by atoms with E-state index in [0.717, 1.165) is 25.8 Å². The molecule has 3 unspecified atom stereocenters. The summed E-state index contributed by atoms with van der Waals surface area (Å²) in [7, 11) is 0. The number of morpholine rings is 1. The fourth-order valence-electron chi connectivity index (χ4n) is 3.41. The topological polar surface area (TPSA) is 65.7 Å². The van der Waals surface area contributed by atoms with Crippen LogP contribution in [0.3, 0.4) is 0 Å². The quantitative estimate of drug-likeness (QED) is 0.895. The predicted molar refractivity (Wildman–Crippen MR) is 85.9 cm³/mol. The summed E-state index contributed by atoms with van der Waals surface area (Å²) in [4.78, 5) is 2.07.